The summed E-state index contributed by atoms with van der Waals surface area (Å²) >= 11 is 0. The third-order valence-corrected chi connectivity index (χ3v) is 12.4. The molecule has 2 N–H and O–H groups in total. The Balaban J connectivity index is 0.930. The zero-order chi connectivity index (χ0) is 38.5. The monoisotopic (exact) mass is 748 g/mol. The molecule has 5 atom stereocenters. The first-order chi connectivity index (χ1) is 25.9. The van der Waals surface area contributed by atoms with Crippen molar-refractivity contribution in [3.8, 4) is 0 Å². The van der Waals surface area contributed by atoms with Gasteiger partial charge in [-0.15, -0.1) is 0 Å². The molecule has 13 nitrogen and oxygen atoms in total. The van der Waals surface area contributed by atoms with E-state index < -0.39 is 6.17 Å². The van der Waals surface area contributed by atoms with Gasteiger partial charge in [0.25, 0.3) is 5.56 Å². The number of hydrogen-bond donors (Lipinski definition) is 2. The Morgan fingerprint density at radius 2 is 1.72 bits per heavy atom. The molecular formula is C40H57FN8O5. The number of carbonyl (C=O) groups excluding carboxylic acids is 3. The number of methoxy groups -OCH3 is 1. The third-order valence-electron chi connectivity index (χ3n) is 12.4. The summed E-state index contributed by atoms with van der Waals surface area (Å²) < 4.78 is 23.0. The molecule has 3 aliphatic heterocycles. The van der Waals surface area contributed by atoms with Gasteiger partial charge in [0.1, 0.15) is 17.7 Å². The van der Waals surface area contributed by atoms with Crippen molar-refractivity contribution in [3.63, 3.8) is 0 Å². The first-order valence-electron chi connectivity index (χ1n) is 19.5. The number of piperidine rings is 2. The van der Waals surface area contributed by atoms with Gasteiger partial charge in [-0.1, -0.05) is 19.1 Å². The number of likely N-dealkylation sites (N-methyl/N-ethyl adjacent to an activating group) is 1. The van der Waals surface area contributed by atoms with Gasteiger partial charge in [0, 0.05) is 77.6 Å². The predicted molar refractivity (Wildman–Crippen MR) is 206 cm³/mol. The zero-order valence-corrected chi connectivity index (χ0v) is 32.4. The Labute approximate surface area is 317 Å². The van der Waals surface area contributed by atoms with Gasteiger partial charge in [-0.05, 0) is 93.1 Å². The number of carbonyl (C=O) groups is 3. The van der Waals surface area contributed by atoms with Crippen LogP contribution in [0, 0.1) is 5.92 Å². The van der Waals surface area contributed by atoms with Crippen LogP contribution in [0.2, 0.25) is 0 Å². The topological polar surface area (TPSA) is 136 Å². The minimum absolute atomic E-state index is 0.0107. The number of aromatic amines is 1. The standard InChI is InChI=1S/C40H57FN8O5/c1-26(27(2)54-5)32(34-24-45(3)40(53)38-33(34)23-42-44-38)22-30(41)14-17-47-18-20-49(21-19-47)37(51)25-48-15-12-29(13-16-48)28-6-8-31(9-7-28)46(4)35-10-11-36(50)43-39(35)52/h6-9,23-24,26-27,29-30,32,35H,10-22,25H2,1-5H3,(H,42,44)(H,43,50,52)/t26?,27?,30?,32?,35-/m0/s1. The lowest BCUT2D eigenvalue weighted by atomic mass is 9.79. The Hall–Kier alpha value is -4.14. The maximum atomic E-state index is 15.8. The summed E-state index contributed by atoms with van der Waals surface area (Å²) in [6, 6.07) is 8.04. The molecule has 3 saturated heterocycles. The first-order valence-corrected chi connectivity index (χ1v) is 19.5. The van der Waals surface area contributed by atoms with E-state index in [0.717, 1.165) is 55.7 Å². The minimum Gasteiger partial charge on any atom is -0.381 e. The van der Waals surface area contributed by atoms with E-state index in [1.54, 1.807) is 20.4 Å². The number of fused-ring (bicyclic) bond motifs is 1. The van der Waals surface area contributed by atoms with Crippen LogP contribution in [0.1, 0.15) is 75.3 Å². The summed E-state index contributed by atoms with van der Waals surface area (Å²) in [5.74, 6) is -0.0318. The van der Waals surface area contributed by atoms with Crippen LogP contribution < -0.4 is 15.8 Å². The Bertz CT molecular complexity index is 1810. The average Bonchev–Trinajstić information content (AvgIpc) is 3.68. The summed E-state index contributed by atoms with van der Waals surface area (Å²) in [6.45, 7) is 9.59. The fourth-order valence-electron chi connectivity index (χ4n) is 8.51. The molecule has 2 aromatic heterocycles. The van der Waals surface area contributed by atoms with Crippen molar-refractivity contribution in [2.45, 2.75) is 82.5 Å². The van der Waals surface area contributed by atoms with Crippen LogP contribution in [0.25, 0.3) is 10.9 Å². The molecule has 54 heavy (non-hydrogen) atoms. The molecule has 1 aromatic carbocycles. The van der Waals surface area contributed by atoms with Crippen molar-refractivity contribution in [1.29, 1.82) is 0 Å². The fourth-order valence-corrected chi connectivity index (χ4v) is 8.51. The second-order valence-electron chi connectivity index (χ2n) is 15.6. The molecule has 3 aromatic rings. The molecular weight excluding hydrogens is 691 g/mol. The molecule has 0 aliphatic carbocycles. The van der Waals surface area contributed by atoms with Crippen molar-refractivity contribution in [3.05, 3.63) is 58.1 Å². The van der Waals surface area contributed by atoms with Crippen molar-refractivity contribution >= 4 is 34.3 Å². The summed E-state index contributed by atoms with van der Waals surface area (Å²) in [5.41, 5.74) is 3.40. The highest BCUT2D eigenvalue weighted by Gasteiger charge is 2.32. The number of aryl methyl sites for hydroxylation is 1. The van der Waals surface area contributed by atoms with E-state index in [1.807, 2.05) is 30.0 Å². The van der Waals surface area contributed by atoms with E-state index in [1.165, 1.54) is 10.1 Å². The maximum absolute atomic E-state index is 15.8. The van der Waals surface area contributed by atoms with Crippen LogP contribution in [-0.4, -0.2) is 132 Å². The van der Waals surface area contributed by atoms with Crippen molar-refractivity contribution in [2.75, 3.05) is 71.4 Å². The second kappa shape index (κ2) is 17.5. The zero-order valence-electron chi connectivity index (χ0n) is 32.4. The van der Waals surface area contributed by atoms with E-state index in [2.05, 4.69) is 56.5 Å². The van der Waals surface area contributed by atoms with E-state index in [-0.39, 0.29) is 47.3 Å². The Morgan fingerprint density at radius 1 is 1.02 bits per heavy atom. The molecule has 5 heterocycles. The lowest BCUT2D eigenvalue weighted by molar-refractivity contribution is -0.135. The van der Waals surface area contributed by atoms with E-state index in [0.29, 0.717) is 63.3 Å². The number of amides is 3. The third kappa shape index (κ3) is 9.03. The van der Waals surface area contributed by atoms with Crippen molar-refractivity contribution < 1.29 is 23.5 Å². The molecule has 3 aliphatic rings. The molecule has 14 heteroatoms. The van der Waals surface area contributed by atoms with Gasteiger partial charge in [0.2, 0.25) is 17.7 Å². The van der Waals surface area contributed by atoms with E-state index in [9.17, 15) is 19.2 Å². The van der Waals surface area contributed by atoms with E-state index >= 15 is 4.39 Å². The molecule has 0 saturated carbocycles. The van der Waals surface area contributed by atoms with Crippen LogP contribution in [0.15, 0.2) is 41.5 Å². The fraction of sp³-hybridized carbons (Fsp3) is 0.625. The number of rotatable bonds is 14. The van der Waals surface area contributed by atoms with E-state index in [4.69, 9.17) is 4.74 Å². The molecule has 6 rings (SSSR count). The van der Waals surface area contributed by atoms with Gasteiger partial charge < -0.3 is 19.1 Å². The van der Waals surface area contributed by atoms with Crippen molar-refractivity contribution in [1.82, 2.24) is 34.8 Å². The molecule has 0 spiro atoms. The number of ether oxygens (including phenoxy) is 1. The lowest BCUT2D eigenvalue weighted by Crippen LogP contribution is -2.52. The second-order valence-corrected chi connectivity index (χ2v) is 15.6. The van der Waals surface area contributed by atoms with Crippen LogP contribution in [0.4, 0.5) is 10.1 Å². The number of pyridine rings is 1. The largest absolute Gasteiger partial charge is 0.381 e. The number of benzene rings is 1. The number of alkyl halides is 1. The molecule has 3 amide bonds. The molecule has 4 unspecified atom stereocenters. The SMILES string of the molecule is COC(C)C(C)C(CC(F)CCN1CCN(C(=O)CN2CCC(c3ccc(N(C)[C@H]4CCC(=O)NC4=O)cc3)CC2)CC1)c1cn(C)c(=O)c2[nH]ncc12. The smallest absolute Gasteiger partial charge is 0.276 e. The maximum Gasteiger partial charge on any atom is 0.276 e. The number of aromatic nitrogens is 3. The number of hydrogen-bond acceptors (Lipinski definition) is 9. The summed E-state index contributed by atoms with van der Waals surface area (Å²) in [5, 5.41) is 10.1. The average molecular weight is 749 g/mol. The number of H-pyrrole nitrogens is 1. The normalized spacial score (nSPS) is 21.5. The summed E-state index contributed by atoms with van der Waals surface area (Å²) in [6.07, 6.45) is 5.88. The predicted octanol–water partition coefficient (Wildman–Crippen LogP) is 3.40. The number of piperazine rings is 1. The van der Waals surface area contributed by atoms with Gasteiger partial charge in [0.15, 0.2) is 0 Å². The Morgan fingerprint density at radius 3 is 2.39 bits per heavy atom. The highest BCUT2D eigenvalue weighted by Crippen LogP contribution is 2.37. The minimum atomic E-state index is -1.04. The quantitative estimate of drug-likeness (QED) is 0.238. The summed E-state index contributed by atoms with van der Waals surface area (Å²) in [4.78, 5) is 58.2. The molecule has 294 valence electrons. The highest BCUT2D eigenvalue weighted by atomic mass is 19.1. The van der Waals surface area contributed by atoms with Crippen molar-refractivity contribution in [2.24, 2.45) is 13.0 Å². The van der Waals surface area contributed by atoms with Crippen LogP contribution >= 0.6 is 0 Å². The number of anilines is 1. The van der Waals surface area contributed by atoms with Crippen LogP contribution in [-0.2, 0) is 26.2 Å². The number of nitrogens with one attached hydrogen (secondary N) is 2. The van der Waals surface area contributed by atoms with Gasteiger partial charge in [0.05, 0.1) is 18.8 Å². The Kier molecular flexibility index (Phi) is 12.9. The lowest BCUT2D eigenvalue weighted by Gasteiger charge is -2.37. The number of nitrogens with zero attached hydrogens (tertiary/aromatic N) is 6. The highest BCUT2D eigenvalue weighted by molar-refractivity contribution is 6.01. The molecule has 0 bridgehead atoms. The van der Waals surface area contributed by atoms with Gasteiger partial charge in [-0.3, -0.25) is 39.4 Å². The van der Waals surface area contributed by atoms with Crippen LogP contribution in [0.3, 0.4) is 0 Å². The number of imide groups is 1. The molecule has 3 fully saturated rings. The van der Waals surface area contributed by atoms with Crippen LogP contribution in [0.5, 0.6) is 0 Å². The number of likely N-dealkylation sites (tertiary alicyclic amines) is 1. The summed E-state index contributed by atoms with van der Waals surface area (Å²) in [7, 11) is 5.27. The van der Waals surface area contributed by atoms with Gasteiger partial charge in [-0.25, -0.2) is 4.39 Å². The number of halogens is 1. The molecule has 0 radical (unpaired) electrons. The van der Waals surface area contributed by atoms with Gasteiger partial charge in [-0.2, -0.15) is 5.10 Å². The van der Waals surface area contributed by atoms with Gasteiger partial charge >= 0.3 is 0 Å². The first kappa shape index (κ1) is 39.6.